The van der Waals surface area contributed by atoms with Gasteiger partial charge in [0.05, 0.1) is 19.3 Å². The average molecular weight is 409 g/mol. The number of fused-ring (bicyclic) bond motifs is 1. The third-order valence-electron chi connectivity index (χ3n) is 5.11. The molecule has 3 N–H and O–H groups in total. The number of nitrogens with zero attached hydrogens (tertiary/aromatic N) is 5. The molecule has 1 aromatic carbocycles. The molecular weight excluding hydrogens is 386 g/mol. The number of rotatable bonds is 5. The van der Waals surface area contributed by atoms with Gasteiger partial charge in [0.25, 0.3) is 5.56 Å². The summed E-state index contributed by atoms with van der Waals surface area (Å²) in [6, 6.07) is 6.61. The molecule has 2 aromatic heterocycles. The van der Waals surface area contributed by atoms with Gasteiger partial charge in [-0.2, -0.15) is 10.3 Å². The number of imidazole rings is 1. The van der Waals surface area contributed by atoms with Crippen molar-refractivity contribution < 1.29 is 10.4 Å². The molecule has 1 atom stereocenters. The Morgan fingerprint density at radius 1 is 1.30 bits per heavy atom. The van der Waals surface area contributed by atoms with Crippen LogP contribution in [0.25, 0.3) is 11.0 Å². The molecular formula is C20H23N7O3. The molecule has 3 aromatic rings. The van der Waals surface area contributed by atoms with Crippen molar-refractivity contribution in [1.29, 1.82) is 0 Å². The molecule has 1 fully saturated rings. The Balaban J connectivity index is 1.81. The molecule has 1 saturated heterocycles. The highest BCUT2D eigenvalue weighted by Crippen LogP contribution is 2.20. The SMILES string of the molecule is CC#CCn1c(N2CCNCC2)nc2cnn(Cc3ccccc3[NH+]([O-])O)c(=O)c21. The molecule has 0 amide bonds. The Labute approximate surface area is 172 Å². The summed E-state index contributed by atoms with van der Waals surface area (Å²) in [5.74, 6) is 6.61. The third-order valence-corrected chi connectivity index (χ3v) is 5.11. The van der Waals surface area contributed by atoms with Crippen molar-refractivity contribution in [3.63, 3.8) is 0 Å². The van der Waals surface area contributed by atoms with Gasteiger partial charge < -0.3 is 15.4 Å². The Morgan fingerprint density at radius 2 is 2.07 bits per heavy atom. The van der Waals surface area contributed by atoms with Crippen LogP contribution in [0.2, 0.25) is 0 Å². The number of nitrogens with one attached hydrogen (secondary N) is 2. The van der Waals surface area contributed by atoms with Gasteiger partial charge in [0.15, 0.2) is 5.69 Å². The van der Waals surface area contributed by atoms with E-state index in [9.17, 15) is 15.2 Å². The lowest BCUT2D eigenvalue weighted by Gasteiger charge is -2.28. The van der Waals surface area contributed by atoms with E-state index in [-0.39, 0.29) is 17.8 Å². The fourth-order valence-electron chi connectivity index (χ4n) is 3.63. The van der Waals surface area contributed by atoms with Gasteiger partial charge in [0, 0.05) is 37.8 Å². The summed E-state index contributed by atoms with van der Waals surface area (Å²) in [7, 11) is 0. The van der Waals surface area contributed by atoms with Gasteiger partial charge in [-0.25, -0.2) is 14.9 Å². The van der Waals surface area contributed by atoms with Crippen molar-refractivity contribution in [3.05, 3.63) is 51.6 Å². The van der Waals surface area contributed by atoms with E-state index in [0.29, 0.717) is 29.1 Å². The first-order valence-corrected chi connectivity index (χ1v) is 9.73. The predicted molar refractivity (Wildman–Crippen MR) is 112 cm³/mol. The summed E-state index contributed by atoms with van der Waals surface area (Å²) in [6.07, 6.45) is 1.56. The smallest absolute Gasteiger partial charge is 0.293 e. The van der Waals surface area contributed by atoms with Gasteiger partial charge in [-0.1, -0.05) is 24.1 Å². The molecule has 10 nitrogen and oxygen atoms in total. The zero-order valence-electron chi connectivity index (χ0n) is 16.6. The van der Waals surface area contributed by atoms with Crippen LogP contribution >= 0.6 is 0 Å². The van der Waals surface area contributed by atoms with Crippen LogP contribution in [0, 0.1) is 17.0 Å². The highest BCUT2D eigenvalue weighted by atomic mass is 16.8. The minimum Gasteiger partial charge on any atom is -0.595 e. The molecule has 0 spiro atoms. The molecule has 0 radical (unpaired) electrons. The van der Waals surface area contributed by atoms with Crippen LogP contribution in [0.15, 0.2) is 35.3 Å². The molecule has 10 heteroatoms. The molecule has 1 aliphatic rings. The monoisotopic (exact) mass is 409 g/mol. The van der Waals surface area contributed by atoms with Crippen LogP contribution in [0.4, 0.5) is 11.6 Å². The van der Waals surface area contributed by atoms with Crippen LogP contribution < -0.4 is 21.0 Å². The summed E-state index contributed by atoms with van der Waals surface area (Å²) >= 11 is 0. The maximum Gasteiger partial charge on any atom is 0.293 e. The maximum absolute atomic E-state index is 13.3. The largest absolute Gasteiger partial charge is 0.595 e. The molecule has 0 saturated carbocycles. The highest BCUT2D eigenvalue weighted by molar-refractivity contribution is 5.77. The van der Waals surface area contributed by atoms with E-state index in [1.54, 1.807) is 31.3 Å². The summed E-state index contributed by atoms with van der Waals surface area (Å²) in [5.41, 5.74) is 1.28. The van der Waals surface area contributed by atoms with E-state index in [1.165, 1.54) is 10.7 Å². The van der Waals surface area contributed by atoms with Gasteiger partial charge in [0.2, 0.25) is 5.95 Å². The first-order chi connectivity index (χ1) is 14.6. The Bertz CT molecular complexity index is 1170. The molecule has 156 valence electrons. The van der Waals surface area contributed by atoms with Gasteiger partial charge >= 0.3 is 0 Å². The molecule has 1 unspecified atom stereocenters. The number of para-hydroxylation sites is 1. The van der Waals surface area contributed by atoms with Crippen molar-refractivity contribution in [2.24, 2.45) is 0 Å². The number of quaternary nitrogens is 1. The number of benzene rings is 1. The quantitative estimate of drug-likeness (QED) is 0.384. The average Bonchev–Trinajstić information content (AvgIpc) is 3.14. The minimum atomic E-state index is -1.04. The standard InChI is InChI=1S/C20H23N7O3/c1-2-3-10-25-18-16(23-20(25)24-11-8-21-9-12-24)13-22-26(19(18)28)14-15-6-4-5-7-17(15)27(29)30/h4-7,13,21,27,29H,8-12,14H2,1H3. The van der Waals surface area contributed by atoms with Crippen LogP contribution in [-0.4, -0.2) is 50.7 Å². The van der Waals surface area contributed by atoms with Crippen molar-refractivity contribution >= 4 is 22.7 Å². The summed E-state index contributed by atoms with van der Waals surface area (Å²) in [6.45, 7) is 5.43. The first kappa shape index (κ1) is 20.1. The normalized spacial score (nSPS) is 15.1. The van der Waals surface area contributed by atoms with Crippen LogP contribution in [0.5, 0.6) is 0 Å². The zero-order chi connectivity index (χ0) is 21.1. The van der Waals surface area contributed by atoms with E-state index in [1.807, 2.05) is 4.57 Å². The lowest BCUT2D eigenvalue weighted by molar-refractivity contribution is -0.991. The van der Waals surface area contributed by atoms with Gasteiger partial charge in [-0.15, -0.1) is 5.92 Å². The highest BCUT2D eigenvalue weighted by Gasteiger charge is 2.22. The van der Waals surface area contributed by atoms with Gasteiger partial charge in [-0.05, 0) is 6.92 Å². The van der Waals surface area contributed by atoms with Crippen molar-refractivity contribution in [2.45, 2.75) is 20.0 Å². The molecule has 0 bridgehead atoms. The number of piperazine rings is 1. The van der Waals surface area contributed by atoms with E-state index < -0.39 is 5.23 Å². The van der Waals surface area contributed by atoms with Crippen LogP contribution in [0.3, 0.4) is 0 Å². The lowest BCUT2D eigenvalue weighted by atomic mass is 10.2. The third kappa shape index (κ3) is 3.79. The summed E-state index contributed by atoms with van der Waals surface area (Å²) in [5, 5.41) is 27.5. The predicted octanol–water partition coefficient (Wildman–Crippen LogP) is -0.522. The number of aromatic nitrogens is 4. The Morgan fingerprint density at radius 3 is 2.80 bits per heavy atom. The van der Waals surface area contributed by atoms with Gasteiger partial charge in [-0.3, -0.25) is 9.36 Å². The fraction of sp³-hybridized carbons (Fsp3) is 0.350. The van der Waals surface area contributed by atoms with Crippen LogP contribution in [0.1, 0.15) is 12.5 Å². The lowest BCUT2D eigenvalue weighted by Crippen LogP contribution is -2.99. The molecule has 30 heavy (non-hydrogen) atoms. The Kier molecular flexibility index (Phi) is 5.78. The summed E-state index contributed by atoms with van der Waals surface area (Å²) < 4.78 is 3.12. The molecule has 4 rings (SSSR count). The Hall–Kier alpha value is -3.23. The van der Waals surface area contributed by atoms with Crippen molar-refractivity contribution in [1.82, 2.24) is 24.6 Å². The van der Waals surface area contributed by atoms with Crippen molar-refractivity contribution in [3.8, 4) is 11.8 Å². The number of anilines is 1. The summed E-state index contributed by atoms with van der Waals surface area (Å²) in [4.78, 5) is 20.1. The van der Waals surface area contributed by atoms with E-state index >= 15 is 0 Å². The molecule has 0 aliphatic carbocycles. The molecule has 3 heterocycles. The van der Waals surface area contributed by atoms with Gasteiger partial charge in [0.1, 0.15) is 11.0 Å². The number of hydrogen-bond acceptors (Lipinski definition) is 7. The number of hydrogen-bond donors (Lipinski definition) is 3. The van der Waals surface area contributed by atoms with E-state index in [0.717, 1.165) is 26.2 Å². The van der Waals surface area contributed by atoms with Crippen LogP contribution in [-0.2, 0) is 13.1 Å². The zero-order valence-corrected chi connectivity index (χ0v) is 16.6. The fourth-order valence-corrected chi connectivity index (χ4v) is 3.63. The second-order valence-electron chi connectivity index (χ2n) is 6.97. The maximum atomic E-state index is 13.3. The second-order valence-corrected chi connectivity index (χ2v) is 6.97. The first-order valence-electron chi connectivity index (χ1n) is 9.73. The van der Waals surface area contributed by atoms with Crippen molar-refractivity contribution in [2.75, 3.05) is 31.1 Å². The van der Waals surface area contributed by atoms with E-state index in [2.05, 4.69) is 32.1 Å². The minimum absolute atomic E-state index is 0.0604. The topological polar surface area (TPSA) is 116 Å². The second kappa shape index (κ2) is 8.64. The van der Waals surface area contributed by atoms with E-state index in [4.69, 9.17) is 0 Å². The molecule has 1 aliphatic heterocycles.